The van der Waals surface area contributed by atoms with Crippen LogP contribution in [0.15, 0.2) is 60.7 Å². The molecule has 0 spiro atoms. The van der Waals surface area contributed by atoms with Crippen LogP contribution in [-0.2, 0) is 9.59 Å². The number of rotatable bonds is 4. The summed E-state index contributed by atoms with van der Waals surface area (Å²) in [6.45, 7) is 0.569. The first-order chi connectivity index (χ1) is 12.2. The van der Waals surface area contributed by atoms with Crippen molar-refractivity contribution in [2.75, 3.05) is 6.54 Å². The number of allylic oxidation sites excluding steroid dienone is 1. The molecule has 1 heterocycles. The zero-order chi connectivity index (χ0) is 17.6. The van der Waals surface area contributed by atoms with E-state index in [0.29, 0.717) is 18.5 Å². The minimum Gasteiger partial charge on any atom is -0.355 e. The number of carbonyl (C=O) groups excluding carboxylic acids is 2. The fourth-order valence-corrected chi connectivity index (χ4v) is 3.14. The Kier molecular flexibility index (Phi) is 5.41. The summed E-state index contributed by atoms with van der Waals surface area (Å²) in [5.41, 5.74) is 8.46. The normalized spacial score (nSPS) is 21.3. The maximum Gasteiger partial charge on any atom is 0.237 e. The summed E-state index contributed by atoms with van der Waals surface area (Å²) in [6, 6.07) is 18.5. The molecule has 25 heavy (non-hydrogen) atoms. The molecule has 2 aromatic carbocycles. The van der Waals surface area contributed by atoms with Crippen LogP contribution >= 0.6 is 0 Å². The van der Waals surface area contributed by atoms with Crippen molar-refractivity contribution in [1.82, 2.24) is 5.32 Å². The topological polar surface area (TPSA) is 72.2 Å². The van der Waals surface area contributed by atoms with Gasteiger partial charge >= 0.3 is 0 Å². The van der Waals surface area contributed by atoms with Crippen molar-refractivity contribution < 1.29 is 9.59 Å². The highest BCUT2D eigenvalue weighted by atomic mass is 16.2. The fourth-order valence-electron chi connectivity index (χ4n) is 3.14. The molecular formula is C21H22N2O2. The molecule has 1 aliphatic heterocycles. The SMILES string of the molecule is NC1C(=O)NCCCC1C(=O)C(=Cc1ccccc1)c1ccccc1. The van der Waals surface area contributed by atoms with E-state index in [0.717, 1.165) is 17.5 Å². The van der Waals surface area contributed by atoms with Crippen molar-refractivity contribution in [2.24, 2.45) is 11.7 Å². The van der Waals surface area contributed by atoms with Crippen LogP contribution in [0.4, 0.5) is 0 Å². The monoisotopic (exact) mass is 334 g/mol. The van der Waals surface area contributed by atoms with Crippen LogP contribution in [0.25, 0.3) is 11.6 Å². The smallest absolute Gasteiger partial charge is 0.237 e. The van der Waals surface area contributed by atoms with Crippen LogP contribution in [0.2, 0.25) is 0 Å². The van der Waals surface area contributed by atoms with Gasteiger partial charge in [-0.05, 0) is 30.0 Å². The highest BCUT2D eigenvalue weighted by Gasteiger charge is 2.34. The number of hydrogen-bond donors (Lipinski definition) is 2. The molecule has 2 aromatic rings. The molecule has 0 aromatic heterocycles. The maximum atomic E-state index is 13.3. The number of nitrogens with two attached hydrogens (primary N) is 1. The Morgan fingerprint density at radius 3 is 2.36 bits per heavy atom. The van der Waals surface area contributed by atoms with Gasteiger partial charge in [0.1, 0.15) is 0 Å². The number of carbonyl (C=O) groups is 2. The van der Waals surface area contributed by atoms with E-state index < -0.39 is 12.0 Å². The second kappa shape index (κ2) is 7.90. The summed E-state index contributed by atoms with van der Waals surface area (Å²) >= 11 is 0. The Morgan fingerprint density at radius 2 is 1.68 bits per heavy atom. The summed E-state index contributed by atoms with van der Waals surface area (Å²) in [6.07, 6.45) is 3.24. The predicted octanol–water partition coefficient (Wildman–Crippen LogP) is 2.65. The fraction of sp³-hybridized carbons (Fsp3) is 0.238. The average molecular weight is 334 g/mol. The minimum absolute atomic E-state index is 0.0698. The van der Waals surface area contributed by atoms with Gasteiger partial charge in [-0.3, -0.25) is 9.59 Å². The third-order valence-electron chi connectivity index (χ3n) is 4.52. The molecule has 0 aliphatic carbocycles. The summed E-state index contributed by atoms with van der Waals surface area (Å²) < 4.78 is 0. The lowest BCUT2D eigenvalue weighted by Crippen LogP contribution is -2.46. The Labute approximate surface area is 147 Å². The standard InChI is InChI=1S/C21H22N2O2/c22-19-17(12-7-13-23-21(19)25)20(24)18(16-10-5-2-6-11-16)14-15-8-3-1-4-9-15/h1-6,8-11,14,17,19H,7,12-13,22H2,(H,23,25). The van der Waals surface area contributed by atoms with Crippen molar-refractivity contribution in [1.29, 1.82) is 0 Å². The Balaban J connectivity index is 2.01. The molecule has 2 unspecified atom stereocenters. The van der Waals surface area contributed by atoms with Gasteiger partial charge in [0.2, 0.25) is 5.91 Å². The number of benzene rings is 2. The first kappa shape index (κ1) is 17.1. The van der Waals surface area contributed by atoms with Crippen LogP contribution < -0.4 is 11.1 Å². The van der Waals surface area contributed by atoms with Crippen molar-refractivity contribution >= 4 is 23.3 Å². The molecule has 0 saturated carbocycles. The van der Waals surface area contributed by atoms with Crippen molar-refractivity contribution in [3.05, 3.63) is 71.8 Å². The third kappa shape index (κ3) is 4.03. The van der Waals surface area contributed by atoms with Crippen molar-refractivity contribution in [2.45, 2.75) is 18.9 Å². The average Bonchev–Trinajstić information content (AvgIpc) is 2.82. The lowest BCUT2D eigenvalue weighted by atomic mass is 9.84. The van der Waals surface area contributed by atoms with Crippen LogP contribution in [0.5, 0.6) is 0 Å². The number of amides is 1. The Morgan fingerprint density at radius 1 is 1.04 bits per heavy atom. The summed E-state index contributed by atoms with van der Waals surface area (Å²) in [4.78, 5) is 25.3. The zero-order valence-electron chi connectivity index (χ0n) is 14.0. The number of Topliss-reactive ketones (excluding diaryl/α,β-unsaturated/α-hetero) is 1. The van der Waals surface area contributed by atoms with Crippen molar-refractivity contribution in [3.63, 3.8) is 0 Å². The van der Waals surface area contributed by atoms with E-state index in [2.05, 4.69) is 5.32 Å². The van der Waals surface area contributed by atoms with Crippen LogP contribution in [0, 0.1) is 5.92 Å². The van der Waals surface area contributed by atoms with Gasteiger partial charge in [-0.1, -0.05) is 60.7 Å². The molecule has 4 heteroatoms. The highest BCUT2D eigenvalue weighted by molar-refractivity contribution is 6.27. The molecule has 128 valence electrons. The van der Waals surface area contributed by atoms with Gasteiger partial charge in [-0.25, -0.2) is 0 Å². The predicted molar refractivity (Wildman–Crippen MR) is 99.5 cm³/mol. The molecule has 4 nitrogen and oxygen atoms in total. The number of ketones is 1. The number of nitrogens with one attached hydrogen (secondary N) is 1. The van der Waals surface area contributed by atoms with E-state index in [1.165, 1.54) is 0 Å². The molecule has 1 fully saturated rings. The second-order valence-electron chi connectivity index (χ2n) is 6.26. The Hall–Kier alpha value is -2.72. The van der Waals surface area contributed by atoms with Crippen LogP contribution in [-0.4, -0.2) is 24.3 Å². The second-order valence-corrected chi connectivity index (χ2v) is 6.26. The summed E-state index contributed by atoms with van der Waals surface area (Å²) in [7, 11) is 0. The van der Waals surface area contributed by atoms with Crippen LogP contribution in [0.1, 0.15) is 24.0 Å². The molecule has 3 rings (SSSR count). The van der Waals surface area contributed by atoms with E-state index in [4.69, 9.17) is 5.73 Å². The molecule has 1 saturated heterocycles. The van der Waals surface area contributed by atoms with E-state index in [1.54, 1.807) is 0 Å². The molecule has 0 radical (unpaired) electrons. The van der Waals surface area contributed by atoms with Gasteiger partial charge in [0.05, 0.1) is 6.04 Å². The lowest BCUT2D eigenvalue weighted by molar-refractivity contribution is -0.127. The maximum absolute atomic E-state index is 13.3. The molecule has 1 aliphatic rings. The van der Waals surface area contributed by atoms with Gasteiger partial charge in [0.25, 0.3) is 0 Å². The van der Waals surface area contributed by atoms with E-state index in [-0.39, 0.29) is 11.7 Å². The molecular weight excluding hydrogens is 312 g/mol. The summed E-state index contributed by atoms with van der Waals surface area (Å²) in [5, 5.41) is 2.77. The van der Waals surface area contributed by atoms with Crippen LogP contribution in [0.3, 0.4) is 0 Å². The Bertz CT molecular complexity index is 769. The van der Waals surface area contributed by atoms with E-state index in [1.807, 2.05) is 66.7 Å². The van der Waals surface area contributed by atoms with Gasteiger partial charge in [0.15, 0.2) is 5.78 Å². The quantitative estimate of drug-likeness (QED) is 0.667. The largest absolute Gasteiger partial charge is 0.355 e. The lowest BCUT2D eigenvalue weighted by Gasteiger charge is -2.20. The third-order valence-corrected chi connectivity index (χ3v) is 4.52. The van der Waals surface area contributed by atoms with Gasteiger partial charge in [0, 0.05) is 18.0 Å². The molecule has 3 N–H and O–H groups in total. The van der Waals surface area contributed by atoms with Gasteiger partial charge < -0.3 is 11.1 Å². The van der Waals surface area contributed by atoms with E-state index in [9.17, 15) is 9.59 Å². The summed E-state index contributed by atoms with van der Waals surface area (Å²) in [5.74, 6) is -0.819. The molecule has 2 atom stereocenters. The molecule has 0 bridgehead atoms. The first-order valence-corrected chi connectivity index (χ1v) is 8.56. The molecule has 1 amide bonds. The number of hydrogen-bond acceptors (Lipinski definition) is 3. The van der Waals surface area contributed by atoms with Gasteiger partial charge in [-0.2, -0.15) is 0 Å². The minimum atomic E-state index is -0.808. The first-order valence-electron chi connectivity index (χ1n) is 8.56. The highest BCUT2D eigenvalue weighted by Crippen LogP contribution is 2.27. The van der Waals surface area contributed by atoms with E-state index >= 15 is 0 Å². The van der Waals surface area contributed by atoms with Gasteiger partial charge in [-0.15, -0.1) is 0 Å². The van der Waals surface area contributed by atoms with Crippen molar-refractivity contribution in [3.8, 4) is 0 Å². The zero-order valence-corrected chi connectivity index (χ0v) is 14.0.